The Balaban J connectivity index is 2.45. The average Bonchev–Trinajstić information content (AvgIpc) is 2.55. The van der Waals surface area contributed by atoms with Crippen molar-refractivity contribution < 1.29 is 9.90 Å². The summed E-state index contributed by atoms with van der Waals surface area (Å²) in [5.74, 6) is -0.744. The molecule has 1 N–H and O–H groups in total. The van der Waals surface area contributed by atoms with Gasteiger partial charge in [-0.1, -0.05) is 6.07 Å². The van der Waals surface area contributed by atoms with Gasteiger partial charge in [0.25, 0.3) is 0 Å². The summed E-state index contributed by atoms with van der Waals surface area (Å²) in [5.41, 5.74) is 0. The molecule has 0 bridgehead atoms. The molecule has 0 radical (unpaired) electrons. The fourth-order valence-electron chi connectivity index (χ4n) is 1.34. The van der Waals surface area contributed by atoms with Gasteiger partial charge in [0.15, 0.2) is 0 Å². The lowest BCUT2D eigenvalue weighted by Gasteiger charge is -2.19. The lowest BCUT2D eigenvalue weighted by molar-refractivity contribution is -0.142. The molecule has 0 spiro atoms. The third-order valence-electron chi connectivity index (χ3n) is 2.15. The summed E-state index contributed by atoms with van der Waals surface area (Å²) in [6.45, 7) is 0. The van der Waals surface area contributed by atoms with Gasteiger partial charge in [-0.3, -0.25) is 9.69 Å². The molecule has 0 saturated heterocycles. The van der Waals surface area contributed by atoms with Crippen LogP contribution in [0.1, 0.15) is 11.3 Å². The molecule has 1 unspecified atom stereocenters. The number of aliphatic carboxylic acids is 1. The Bertz CT molecular complexity index is 282. The van der Waals surface area contributed by atoms with Crippen molar-refractivity contribution in [2.75, 3.05) is 14.1 Å². The summed E-state index contributed by atoms with van der Waals surface area (Å²) in [4.78, 5) is 13.9. The largest absolute Gasteiger partial charge is 0.480 e. The van der Waals surface area contributed by atoms with E-state index in [1.54, 1.807) is 30.3 Å². The van der Waals surface area contributed by atoms with Crippen LogP contribution in [0.3, 0.4) is 0 Å². The SMILES string of the molecule is CN(C)C(CCc1cccs1)C(=O)O. The van der Waals surface area contributed by atoms with Crippen molar-refractivity contribution in [2.45, 2.75) is 18.9 Å². The molecule has 1 atom stereocenters. The van der Waals surface area contributed by atoms with Crippen LogP contribution < -0.4 is 0 Å². The van der Waals surface area contributed by atoms with Gasteiger partial charge in [0.1, 0.15) is 6.04 Å². The average molecular weight is 213 g/mol. The fraction of sp³-hybridized carbons (Fsp3) is 0.500. The minimum absolute atomic E-state index is 0.378. The molecular weight excluding hydrogens is 198 g/mol. The van der Waals surface area contributed by atoms with E-state index in [1.807, 2.05) is 17.5 Å². The predicted molar refractivity (Wildman–Crippen MR) is 57.8 cm³/mol. The Hall–Kier alpha value is -0.870. The van der Waals surface area contributed by atoms with Crippen LogP contribution in [0.2, 0.25) is 0 Å². The standard InChI is InChI=1S/C10H15NO2S/c1-11(2)9(10(12)13)6-5-8-4-3-7-14-8/h3-4,7,9H,5-6H2,1-2H3,(H,12,13). The van der Waals surface area contributed by atoms with Crippen LogP contribution in [0, 0.1) is 0 Å². The van der Waals surface area contributed by atoms with Crippen molar-refractivity contribution >= 4 is 17.3 Å². The zero-order valence-corrected chi connectivity index (χ0v) is 9.25. The highest BCUT2D eigenvalue weighted by molar-refractivity contribution is 7.09. The number of nitrogens with zero attached hydrogens (tertiary/aromatic N) is 1. The second kappa shape index (κ2) is 5.12. The summed E-state index contributed by atoms with van der Waals surface area (Å²) < 4.78 is 0. The van der Waals surface area contributed by atoms with E-state index in [2.05, 4.69) is 0 Å². The van der Waals surface area contributed by atoms with E-state index in [1.165, 1.54) is 4.88 Å². The Morgan fingerprint density at radius 2 is 2.36 bits per heavy atom. The van der Waals surface area contributed by atoms with E-state index < -0.39 is 5.97 Å². The van der Waals surface area contributed by atoms with Crippen LogP contribution in [0.5, 0.6) is 0 Å². The van der Waals surface area contributed by atoms with Crippen molar-refractivity contribution in [3.05, 3.63) is 22.4 Å². The monoisotopic (exact) mass is 213 g/mol. The maximum atomic E-state index is 10.9. The van der Waals surface area contributed by atoms with Crippen LogP contribution >= 0.6 is 11.3 Å². The second-order valence-electron chi connectivity index (χ2n) is 3.44. The number of aryl methyl sites for hydroxylation is 1. The van der Waals surface area contributed by atoms with Gasteiger partial charge < -0.3 is 5.11 Å². The molecule has 0 aliphatic heterocycles. The zero-order chi connectivity index (χ0) is 10.6. The van der Waals surface area contributed by atoms with Gasteiger partial charge in [-0.2, -0.15) is 0 Å². The molecule has 1 aromatic heterocycles. The molecule has 0 aliphatic rings. The number of hydrogen-bond acceptors (Lipinski definition) is 3. The van der Waals surface area contributed by atoms with Crippen molar-refractivity contribution in [2.24, 2.45) is 0 Å². The quantitative estimate of drug-likeness (QED) is 0.809. The first-order chi connectivity index (χ1) is 6.61. The molecule has 14 heavy (non-hydrogen) atoms. The normalized spacial score (nSPS) is 13.1. The maximum Gasteiger partial charge on any atom is 0.320 e. The van der Waals surface area contributed by atoms with E-state index >= 15 is 0 Å². The highest BCUT2D eigenvalue weighted by Crippen LogP contribution is 2.13. The minimum Gasteiger partial charge on any atom is -0.480 e. The highest BCUT2D eigenvalue weighted by Gasteiger charge is 2.19. The smallest absolute Gasteiger partial charge is 0.320 e. The van der Waals surface area contributed by atoms with Gasteiger partial charge in [0, 0.05) is 4.88 Å². The number of carboxylic acids is 1. The Kier molecular flexibility index (Phi) is 4.10. The molecule has 0 fully saturated rings. The van der Waals surface area contributed by atoms with Gasteiger partial charge in [-0.25, -0.2) is 0 Å². The Morgan fingerprint density at radius 1 is 1.64 bits per heavy atom. The van der Waals surface area contributed by atoms with Gasteiger partial charge in [0.2, 0.25) is 0 Å². The van der Waals surface area contributed by atoms with Crippen molar-refractivity contribution in [1.82, 2.24) is 4.90 Å². The van der Waals surface area contributed by atoms with Crippen molar-refractivity contribution in [3.8, 4) is 0 Å². The van der Waals surface area contributed by atoms with E-state index in [0.29, 0.717) is 6.42 Å². The summed E-state index contributed by atoms with van der Waals surface area (Å²) in [5, 5.41) is 10.9. The van der Waals surface area contributed by atoms with E-state index in [9.17, 15) is 4.79 Å². The maximum absolute atomic E-state index is 10.9. The predicted octanol–water partition coefficient (Wildman–Crippen LogP) is 1.70. The number of carbonyl (C=O) groups is 1. The molecular formula is C10H15NO2S. The summed E-state index contributed by atoms with van der Waals surface area (Å²) in [6, 6.07) is 3.65. The number of carboxylic acid groups (broad SMARTS) is 1. The molecule has 0 saturated carbocycles. The molecule has 1 rings (SSSR count). The fourth-order valence-corrected chi connectivity index (χ4v) is 2.06. The Morgan fingerprint density at radius 3 is 2.79 bits per heavy atom. The number of rotatable bonds is 5. The molecule has 3 nitrogen and oxygen atoms in total. The number of hydrogen-bond donors (Lipinski definition) is 1. The molecule has 4 heteroatoms. The second-order valence-corrected chi connectivity index (χ2v) is 4.47. The summed E-state index contributed by atoms with van der Waals surface area (Å²) >= 11 is 1.68. The first-order valence-corrected chi connectivity index (χ1v) is 5.41. The molecule has 0 aromatic carbocycles. The lowest BCUT2D eigenvalue weighted by Crippen LogP contribution is -2.35. The first kappa shape index (κ1) is 11.2. The van der Waals surface area contributed by atoms with Crippen LogP contribution in [0.25, 0.3) is 0 Å². The summed E-state index contributed by atoms with van der Waals surface area (Å²) in [6.07, 6.45) is 1.51. The number of likely N-dealkylation sites (N-methyl/N-ethyl adjacent to an activating group) is 1. The van der Waals surface area contributed by atoms with Crippen LogP contribution in [0.4, 0.5) is 0 Å². The van der Waals surface area contributed by atoms with Gasteiger partial charge in [-0.15, -0.1) is 11.3 Å². The molecule has 0 amide bonds. The Labute approximate surface area is 88.0 Å². The highest BCUT2D eigenvalue weighted by atomic mass is 32.1. The topological polar surface area (TPSA) is 40.5 Å². The van der Waals surface area contributed by atoms with E-state index in [0.717, 1.165) is 6.42 Å². The van der Waals surface area contributed by atoms with E-state index in [-0.39, 0.29) is 6.04 Å². The van der Waals surface area contributed by atoms with Crippen LogP contribution in [-0.2, 0) is 11.2 Å². The van der Waals surface area contributed by atoms with Gasteiger partial charge >= 0.3 is 5.97 Å². The van der Waals surface area contributed by atoms with Gasteiger partial charge in [0.05, 0.1) is 0 Å². The lowest BCUT2D eigenvalue weighted by atomic mass is 10.1. The van der Waals surface area contributed by atoms with Crippen LogP contribution in [0.15, 0.2) is 17.5 Å². The third kappa shape index (κ3) is 3.12. The first-order valence-electron chi connectivity index (χ1n) is 4.53. The molecule has 0 aliphatic carbocycles. The third-order valence-corrected chi connectivity index (χ3v) is 3.09. The minimum atomic E-state index is -0.744. The summed E-state index contributed by atoms with van der Waals surface area (Å²) in [7, 11) is 3.60. The molecule has 78 valence electrons. The van der Waals surface area contributed by atoms with Gasteiger partial charge in [-0.05, 0) is 38.4 Å². The van der Waals surface area contributed by atoms with Crippen LogP contribution in [-0.4, -0.2) is 36.1 Å². The molecule has 1 heterocycles. The van der Waals surface area contributed by atoms with E-state index in [4.69, 9.17) is 5.11 Å². The van der Waals surface area contributed by atoms with Crippen molar-refractivity contribution in [1.29, 1.82) is 0 Å². The zero-order valence-electron chi connectivity index (χ0n) is 8.43. The number of thiophene rings is 1. The van der Waals surface area contributed by atoms with Crippen molar-refractivity contribution in [3.63, 3.8) is 0 Å². The molecule has 1 aromatic rings.